The molecular weight excluding hydrogens is 400 g/mol. The number of hydrogen-bond donors (Lipinski definition) is 2. The molecule has 1 heterocycles. The van der Waals surface area contributed by atoms with Crippen LogP contribution in [0.1, 0.15) is 15.9 Å². The van der Waals surface area contributed by atoms with Gasteiger partial charge in [-0.25, -0.2) is 8.42 Å². The number of rotatable bonds is 6. The van der Waals surface area contributed by atoms with Gasteiger partial charge in [-0.3, -0.25) is 9.52 Å². The van der Waals surface area contributed by atoms with Crippen molar-refractivity contribution >= 4 is 32.4 Å². The molecule has 0 aliphatic heterocycles. The van der Waals surface area contributed by atoms with Crippen molar-refractivity contribution in [3.63, 3.8) is 0 Å². The second-order valence-electron chi connectivity index (χ2n) is 5.83. The number of hydrogen-bond acceptors (Lipinski definition) is 7. The van der Waals surface area contributed by atoms with Gasteiger partial charge in [-0.1, -0.05) is 41.2 Å². The van der Waals surface area contributed by atoms with E-state index in [-0.39, 0.29) is 21.3 Å². The molecule has 10 heteroatoms. The molecule has 0 fully saturated rings. The number of aromatic nitrogens is 2. The fourth-order valence-electron chi connectivity index (χ4n) is 2.42. The molecule has 0 atom stereocenters. The number of anilines is 1. The molecule has 3 rings (SSSR count). The Hall–Kier alpha value is -2.98. The Morgan fingerprint density at radius 1 is 1.11 bits per heavy atom. The Kier molecular flexibility index (Phi) is 5.61. The molecule has 1 amide bonds. The zero-order valence-electron chi connectivity index (χ0n) is 15.4. The molecule has 0 radical (unpaired) electrons. The largest absolute Gasteiger partial charge is 0.496 e. The van der Waals surface area contributed by atoms with Gasteiger partial charge in [0.15, 0.2) is 0 Å². The smallest absolute Gasteiger partial charge is 0.263 e. The van der Waals surface area contributed by atoms with Crippen molar-refractivity contribution in [2.45, 2.75) is 11.8 Å². The van der Waals surface area contributed by atoms with E-state index in [0.717, 1.165) is 22.5 Å². The first-order chi connectivity index (χ1) is 13.3. The quantitative estimate of drug-likeness (QED) is 0.637. The number of methoxy groups -OCH3 is 1. The van der Waals surface area contributed by atoms with Crippen LogP contribution in [0, 0.1) is 6.92 Å². The molecule has 2 aromatic carbocycles. The number of carbonyl (C=O) groups excluding carboxylic acids is 1. The van der Waals surface area contributed by atoms with E-state index < -0.39 is 15.9 Å². The Bertz CT molecular complexity index is 1110. The lowest BCUT2D eigenvalue weighted by Crippen LogP contribution is -2.20. The van der Waals surface area contributed by atoms with E-state index in [2.05, 4.69) is 20.2 Å². The van der Waals surface area contributed by atoms with Crippen LogP contribution in [-0.2, 0) is 10.0 Å². The molecule has 146 valence electrons. The third-order valence-corrected chi connectivity index (χ3v) is 6.25. The van der Waals surface area contributed by atoms with Crippen LogP contribution in [0.4, 0.5) is 5.13 Å². The summed E-state index contributed by atoms with van der Waals surface area (Å²) in [5.41, 5.74) is 2.07. The second-order valence-corrected chi connectivity index (χ2v) is 8.49. The van der Waals surface area contributed by atoms with Gasteiger partial charge in [0.05, 0.1) is 17.6 Å². The van der Waals surface area contributed by atoms with Gasteiger partial charge in [-0.05, 0) is 25.1 Å². The Morgan fingerprint density at radius 2 is 1.82 bits per heavy atom. The number of nitrogens with one attached hydrogen (secondary N) is 2. The normalized spacial score (nSPS) is 11.1. The average molecular weight is 419 g/mol. The minimum Gasteiger partial charge on any atom is -0.496 e. The molecule has 0 unspecified atom stereocenters. The van der Waals surface area contributed by atoms with Crippen LogP contribution in [0.2, 0.25) is 0 Å². The zero-order valence-corrected chi connectivity index (χ0v) is 17.0. The van der Waals surface area contributed by atoms with Crippen LogP contribution in [-0.4, -0.2) is 38.7 Å². The maximum Gasteiger partial charge on any atom is 0.263 e. The van der Waals surface area contributed by atoms with Gasteiger partial charge in [0, 0.05) is 12.6 Å². The number of nitrogens with zero attached hydrogens (tertiary/aromatic N) is 2. The summed E-state index contributed by atoms with van der Waals surface area (Å²) in [5.74, 6) is -0.178. The van der Waals surface area contributed by atoms with Crippen molar-refractivity contribution in [2.75, 3.05) is 18.9 Å². The van der Waals surface area contributed by atoms with Gasteiger partial charge in [0.2, 0.25) is 5.13 Å². The fraction of sp³-hybridized carbons (Fsp3) is 0.167. The van der Waals surface area contributed by atoms with Crippen molar-refractivity contribution in [1.82, 2.24) is 15.5 Å². The lowest BCUT2D eigenvalue weighted by molar-refractivity contribution is 0.0960. The van der Waals surface area contributed by atoms with Gasteiger partial charge in [-0.2, -0.15) is 0 Å². The van der Waals surface area contributed by atoms with Crippen LogP contribution >= 0.6 is 11.3 Å². The van der Waals surface area contributed by atoms with Crippen LogP contribution in [0.5, 0.6) is 5.75 Å². The summed E-state index contributed by atoms with van der Waals surface area (Å²) in [5, 5.41) is 11.1. The predicted molar refractivity (Wildman–Crippen MR) is 107 cm³/mol. The van der Waals surface area contributed by atoms with E-state index in [1.807, 2.05) is 31.2 Å². The number of ether oxygens (including phenoxy) is 1. The SMILES string of the molecule is CNC(=O)c1cc(S(=O)(=O)Nc2nnc(-c3ccc(C)cc3)s2)ccc1OC. The number of benzene rings is 2. The Morgan fingerprint density at radius 3 is 2.46 bits per heavy atom. The van der Waals surface area contributed by atoms with Crippen molar-refractivity contribution in [2.24, 2.45) is 0 Å². The van der Waals surface area contributed by atoms with Crippen molar-refractivity contribution < 1.29 is 17.9 Å². The third kappa shape index (κ3) is 4.12. The van der Waals surface area contributed by atoms with Crippen molar-refractivity contribution in [3.8, 4) is 16.3 Å². The average Bonchev–Trinajstić information content (AvgIpc) is 3.15. The highest BCUT2D eigenvalue weighted by Gasteiger charge is 2.21. The highest BCUT2D eigenvalue weighted by Crippen LogP contribution is 2.29. The molecule has 0 saturated heterocycles. The lowest BCUT2D eigenvalue weighted by Gasteiger charge is -2.10. The summed E-state index contributed by atoms with van der Waals surface area (Å²) in [6.45, 7) is 1.98. The van der Waals surface area contributed by atoms with Gasteiger partial charge >= 0.3 is 0 Å². The minimum absolute atomic E-state index is 0.0843. The van der Waals surface area contributed by atoms with Crippen LogP contribution in [0.25, 0.3) is 10.6 Å². The van der Waals surface area contributed by atoms with E-state index in [0.29, 0.717) is 5.01 Å². The number of aryl methyl sites for hydroxylation is 1. The predicted octanol–water partition coefficient (Wildman–Crippen LogP) is 2.68. The summed E-state index contributed by atoms with van der Waals surface area (Å²) < 4.78 is 32.9. The summed E-state index contributed by atoms with van der Waals surface area (Å²) in [6.07, 6.45) is 0. The topological polar surface area (TPSA) is 110 Å². The first-order valence-corrected chi connectivity index (χ1v) is 10.5. The Balaban J connectivity index is 1.88. The maximum atomic E-state index is 12.7. The molecule has 0 spiro atoms. The molecule has 28 heavy (non-hydrogen) atoms. The lowest BCUT2D eigenvalue weighted by atomic mass is 10.2. The van der Waals surface area contributed by atoms with E-state index in [1.165, 1.54) is 32.4 Å². The van der Waals surface area contributed by atoms with Crippen molar-refractivity contribution in [1.29, 1.82) is 0 Å². The molecule has 3 aromatic rings. The van der Waals surface area contributed by atoms with Gasteiger partial charge in [-0.15, -0.1) is 10.2 Å². The van der Waals surface area contributed by atoms with Gasteiger partial charge in [0.1, 0.15) is 10.8 Å². The highest BCUT2D eigenvalue weighted by molar-refractivity contribution is 7.93. The van der Waals surface area contributed by atoms with Crippen LogP contribution in [0.3, 0.4) is 0 Å². The van der Waals surface area contributed by atoms with Crippen molar-refractivity contribution in [3.05, 3.63) is 53.6 Å². The van der Waals surface area contributed by atoms with Crippen LogP contribution < -0.4 is 14.8 Å². The van der Waals surface area contributed by atoms with Gasteiger partial charge in [0.25, 0.3) is 15.9 Å². The molecule has 2 N–H and O–H groups in total. The second kappa shape index (κ2) is 7.95. The van der Waals surface area contributed by atoms with E-state index in [1.54, 1.807) is 0 Å². The van der Waals surface area contributed by atoms with E-state index in [4.69, 9.17) is 4.74 Å². The molecule has 0 bridgehead atoms. The molecular formula is C18H18N4O4S2. The first kappa shape index (κ1) is 19.8. The summed E-state index contributed by atoms with van der Waals surface area (Å²) in [7, 11) is -1.10. The molecule has 0 saturated carbocycles. The van der Waals surface area contributed by atoms with E-state index >= 15 is 0 Å². The van der Waals surface area contributed by atoms with Gasteiger partial charge < -0.3 is 10.1 Å². The number of sulfonamides is 1. The number of amides is 1. The maximum absolute atomic E-state index is 12.7. The third-order valence-electron chi connectivity index (χ3n) is 3.90. The monoisotopic (exact) mass is 418 g/mol. The highest BCUT2D eigenvalue weighted by atomic mass is 32.2. The molecule has 8 nitrogen and oxygen atoms in total. The fourth-order valence-corrected chi connectivity index (χ4v) is 4.42. The first-order valence-electron chi connectivity index (χ1n) is 8.17. The molecule has 1 aromatic heterocycles. The van der Waals surface area contributed by atoms with Crippen LogP contribution in [0.15, 0.2) is 47.4 Å². The summed E-state index contributed by atoms with van der Waals surface area (Å²) >= 11 is 1.12. The molecule has 0 aliphatic rings. The van der Waals surface area contributed by atoms with E-state index in [9.17, 15) is 13.2 Å². The minimum atomic E-state index is -3.96. The summed E-state index contributed by atoms with van der Waals surface area (Å²) in [4.78, 5) is 11.9. The summed E-state index contributed by atoms with van der Waals surface area (Å²) in [6, 6.07) is 11.7. The molecule has 0 aliphatic carbocycles. The Labute approximate surface area is 166 Å². The zero-order chi connectivity index (χ0) is 20.3. The number of carbonyl (C=O) groups is 1. The standard InChI is InChI=1S/C18H18N4O4S2/c1-11-4-6-12(7-5-11)17-20-21-18(27-17)22-28(24,25)13-8-9-15(26-3)14(10-13)16(23)19-2/h4-10H,1-3H3,(H,19,23)(H,21,22).